The number of aryl methyl sites for hydroxylation is 2. The number of carbonyl (C=O) groups is 2. The molecule has 7 heteroatoms. The van der Waals surface area contributed by atoms with E-state index < -0.39 is 0 Å². The molecule has 27 heavy (non-hydrogen) atoms. The first-order valence-electron chi connectivity index (χ1n) is 9.07. The van der Waals surface area contributed by atoms with Gasteiger partial charge in [-0.25, -0.2) is 4.98 Å². The largest absolute Gasteiger partial charge is 0.441 e. The highest BCUT2D eigenvalue weighted by molar-refractivity contribution is 7.09. The number of aromatic nitrogens is 1. The van der Waals surface area contributed by atoms with Crippen molar-refractivity contribution in [3.8, 4) is 0 Å². The molecule has 2 aromatic heterocycles. The monoisotopic (exact) mass is 383 g/mol. The number of fused-ring (bicyclic) bond motifs is 1. The van der Waals surface area contributed by atoms with Crippen LogP contribution >= 0.6 is 11.3 Å². The molecule has 0 saturated carbocycles. The van der Waals surface area contributed by atoms with Crippen molar-refractivity contribution in [2.24, 2.45) is 0 Å². The zero-order chi connectivity index (χ0) is 18.8. The summed E-state index contributed by atoms with van der Waals surface area (Å²) in [6, 6.07) is 9.39. The van der Waals surface area contributed by atoms with Crippen LogP contribution in [0, 0.1) is 6.92 Å². The first kappa shape index (κ1) is 17.7. The second-order valence-electron chi connectivity index (χ2n) is 6.67. The summed E-state index contributed by atoms with van der Waals surface area (Å²) in [7, 11) is 0. The average Bonchev–Trinajstić information content (AvgIpc) is 3.33. The smallest absolute Gasteiger partial charge is 0.254 e. The van der Waals surface area contributed by atoms with Gasteiger partial charge in [-0.2, -0.15) is 0 Å². The average molecular weight is 383 g/mol. The second kappa shape index (κ2) is 7.52. The molecule has 0 unspecified atom stereocenters. The Morgan fingerprint density at radius 2 is 1.93 bits per heavy atom. The van der Waals surface area contributed by atoms with Crippen LogP contribution in [0.5, 0.6) is 0 Å². The minimum absolute atomic E-state index is 0.0248. The van der Waals surface area contributed by atoms with Crippen LogP contribution in [0.1, 0.15) is 27.5 Å². The van der Waals surface area contributed by atoms with E-state index in [9.17, 15) is 9.59 Å². The highest BCUT2D eigenvalue weighted by atomic mass is 32.1. The van der Waals surface area contributed by atoms with E-state index in [-0.39, 0.29) is 11.8 Å². The number of benzene rings is 1. The van der Waals surface area contributed by atoms with Crippen molar-refractivity contribution in [3.63, 3.8) is 0 Å². The molecule has 1 fully saturated rings. The van der Waals surface area contributed by atoms with Crippen LogP contribution in [0.2, 0.25) is 0 Å². The fourth-order valence-corrected chi connectivity index (χ4v) is 4.07. The van der Waals surface area contributed by atoms with Gasteiger partial charge in [-0.05, 0) is 36.1 Å². The standard InChI is InChI=1S/C20H21N3O3S/c1-14-21-17-13-15(4-6-18(17)26-14)20(25)23-10-8-22(9-11-23)19(24)7-5-16-3-2-12-27-16/h2-4,6,12-13H,5,7-11H2,1H3. The Bertz CT molecular complexity index is 956. The van der Waals surface area contributed by atoms with E-state index in [1.54, 1.807) is 41.4 Å². The van der Waals surface area contributed by atoms with Crippen molar-refractivity contribution >= 4 is 34.3 Å². The van der Waals surface area contributed by atoms with Crippen molar-refractivity contribution in [3.05, 3.63) is 52.0 Å². The van der Waals surface area contributed by atoms with Gasteiger partial charge in [0.15, 0.2) is 11.5 Å². The molecule has 1 aliphatic heterocycles. The van der Waals surface area contributed by atoms with Gasteiger partial charge in [-0.1, -0.05) is 6.07 Å². The van der Waals surface area contributed by atoms with Crippen LogP contribution in [-0.4, -0.2) is 52.8 Å². The molecule has 3 heterocycles. The van der Waals surface area contributed by atoms with Crippen LogP contribution < -0.4 is 0 Å². The van der Waals surface area contributed by atoms with Crippen LogP contribution in [0.25, 0.3) is 11.1 Å². The first-order valence-corrected chi connectivity index (χ1v) is 9.95. The SMILES string of the molecule is Cc1nc2cc(C(=O)N3CCN(C(=O)CCc4cccs4)CC3)ccc2o1. The summed E-state index contributed by atoms with van der Waals surface area (Å²) in [5.74, 6) is 0.725. The molecule has 3 aromatic rings. The van der Waals surface area contributed by atoms with Crippen LogP contribution in [0.4, 0.5) is 0 Å². The van der Waals surface area contributed by atoms with Gasteiger partial charge >= 0.3 is 0 Å². The van der Waals surface area contributed by atoms with Crippen molar-refractivity contribution in [2.75, 3.05) is 26.2 Å². The third-order valence-electron chi connectivity index (χ3n) is 4.83. The Morgan fingerprint density at radius 3 is 2.67 bits per heavy atom. The lowest BCUT2D eigenvalue weighted by atomic mass is 10.1. The summed E-state index contributed by atoms with van der Waals surface area (Å²) in [5, 5.41) is 2.03. The summed E-state index contributed by atoms with van der Waals surface area (Å²) < 4.78 is 5.46. The maximum absolute atomic E-state index is 12.8. The van der Waals surface area contributed by atoms with E-state index in [4.69, 9.17) is 4.42 Å². The second-order valence-corrected chi connectivity index (χ2v) is 7.70. The Labute approximate surface area is 161 Å². The Kier molecular flexibility index (Phi) is 4.94. The molecule has 1 saturated heterocycles. The normalized spacial score (nSPS) is 14.7. The minimum atomic E-state index is -0.0248. The lowest BCUT2D eigenvalue weighted by molar-refractivity contribution is -0.132. The van der Waals surface area contributed by atoms with Crippen LogP contribution in [0.3, 0.4) is 0 Å². The Morgan fingerprint density at radius 1 is 1.15 bits per heavy atom. The predicted molar refractivity (Wildman–Crippen MR) is 104 cm³/mol. The fourth-order valence-electron chi connectivity index (χ4n) is 3.36. The maximum Gasteiger partial charge on any atom is 0.254 e. The molecule has 1 aliphatic rings. The Hall–Kier alpha value is -2.67. The lowest BCUT2D eigenvalue weighted by Gasteiger charge is -2.35. The molecule has 6 nitrogen and oxygen atoms in total. The maximum atomic E-state index is 12.8. The number of rotatable bonds is 4. The zero-order valence-electron chi connectivity index (χ0n) is 15.2. The number of oxazole rings is 1. The van der Waals surface area contributed by atoms with Gasteiger partial charge in [0.25, 0.3) is 5.91 Å². The molecular weight excluding hydrogens is 362 g/mol. The molecular formula is C20H21N3O3S. The van der Waals surface area contributed by atoms with E-state index in [1.807, 2.05) is 16.3 Å². The third-order valence-corrected chi connectivity index (χ3v) is 5.76. The third kappa shape index (κ3) is 3.88. The fraction of sp³-hybridized carbons (Fsp3) is 0.350. The Balaban J connectivity index is 1.33. The van der Waals surface area contributed by atoms with Crippen molar-refractivity contribution in [1.29, 1.82) is 0 Å². The highest BCUT2D eigenvalue weighted by Gasteiger charge is 2.25. The molecule has 0 bridgehead atoms. The summed E-state index contributed by atoms with van der Waals surface area (Å²) in [4.78, 5) is 34.4. The lowest BCUT2D eigenvalue weighted by Crippen LogP contribution is -2.50. The van der Waals surface area contributed by atoms with Crippen molar-refractivity contribution in [1.82, 2.24) is 14.8 Å². The van der Waals surface area contributed by atoms with E-state index >= 15 is 0 Å². The van der Waals surface area contributed by atoms with E-state index in [1.165, 1.54) is 4.88 Å². The first-order chi connectivity index (χ1) is 13.1. The number of carbonyl (C=O) groups excluding carboxylic acids is 2. The van der Waals surface area contributed by atoms with E-state index in [0.29, 0.717) is 55.2 Å². The van der Waals surface area contributed by atoms with Gasteiger partial charge in [-0.3, -0.25) is 9.59 Å². The van der Waals surface area contributed by atoms with Gasteiger partial charge in [0.05, 0.1) is 0 Å². The van der Waals surface area contributed by atoms with Crippen molar-refractivity contribution in [2.45, 2.75) is 19.8 Å². The molecule has 140 valence electrons. The number of thiophene rings is 1. The number of hydrogen-bond donors (Lipinski definition) is 0. The van der Waals surface area contributed by atoms with Crippen LogP contribution in [-0.2, 0) is 11.2 Å². The molecule has 2 amide bonds. The predicted octanol–water partition coefficient (Wildman–Crippen LogP) is 3.11. The van der Waals surface area contributed by atoms with E-state index in [2.05, 4.69) is 11.1 Å². The summed E-state index contributed by atoms with van der Waals surface area (Å²) in [6.07, 6.45) is 1.31. The van der Waals surface area contributed by atoms with Gasteiger partial charge in [0, 0.05) is 50.0 Å². The number of amides is 2. The van der Waals surface area contributed by atoms with Gasteiger partial charge in [0.1, 0.15) is 5.52 Å². The molecule has 0 atom stereocenters. The molecule has 1 aromatic carbocycles. The van der Waals surface area contributed by atoms with Crippen LogP contribution in [0.15, 0.2) is 40.1 Å². The topological polar surface area (TPSA) is 66.7 Å². The molecule has 4 rings (SSSR count). The number of piperazine rings is 1. The minimum Gasteiger partial charge on any atom is -0.441 e. The molecule has 0 aliphatic carbocycles. The highest BCUT2D eigenvalue weighted by Crippen LogP contribution is 2.19. The zero-order valence-corrected chi connectivity index (χ0v) is 16.0. The van der Waals surface area contributed by atoms with Gasteiger partial charge < -0.3 is 14.2 Å². The van der Waals surface area contributed by atoms with Crippen molar-refractivity contribution < 1.29 is 14.0 Å². The van der Waals surface area contributed by atoms with Gasteiger partial charge in [0.2, 0.25) is 5.91 Å². The molecule has 0 radical (unpaired) electrons. The summed E-state index contributed by atoms with van der Waals surface area (Å²) in [5.41, 5.74) is 1.99. The quantitative estimate of drug-likeness (QED) is 0.694. The summed E-state index contributed by atoms with van der Waals surface area (Å²) in [6.45, 7) is 4.07. The number of hydrogen-bond acceptors (Lipinski definition) is 5. The molecule has 0 N–H and O–H groups in total. The summed E-state index contributed by atoms with van der Waals surface area (Å²) >= 11 is 1.68. The van der Waals surface area contributed by atoms with E-state index in [0.717, 1.165) is 6.42 Å². The van der Waals surface area contributed by atoms with Gasteiger partial charge in [-0.15, -0.1) is 11.3 Å². The number of nitrogens with zero attached hydrogens (tertiary/aromatic N) is 3. The molecule has 0 spiro atoms.